The van der Waals surface area contributed by atoms with Crippen molar-refractivity contribution in [2.45, 2.75) is 13.5 Å². The largest absolute Gasteiger partial charge is 0.384 e. The third kappa shape index (κ3) is 4.15. The van der Waals surface area contributed by atoms with Crippen molar-refractivity contribution in [3.05, 3.63) is 51.5 Å². The highest BCUT2D eigenvalue weighted by molar-refractivity contribution is 7.07. The molecule has 0 saturated heterocycles. The molecular formula is C16H16N2O2S. The lowest BCUT2D eigenvalue weighted by molar-refractivity contribution is 0.0783. The van der Waals surface area contributed by atoms with Gasteiger partial charge in [-0.3, -0.25) is 4.79 Å². The molecule has 1 N–H and O–H groups in total. The summed E-state index contributed by atoms with van der Waals surface area (Å²) in [6.07, 6.45) is 0. The van der Waals surface area contributed by atoms with Gasteiger partial charge in [0.25, 0.3) is 5.91 Å². The van der Waals surface area contributed by atoms with Gasteiger partial charge in [-0.25, -0.2) is 4.98 Å². The van der Waals surface area contributed by atoms with E-state index in [0.717, 1.165) is 16.8 Å². The Balaban J connectivity index is 2.20. The molecule has 0 aliphatic carbocycles. The Morgan fingerprint density at radius 1 is 1.43 bits per heavy atom. The first-order valence-electron chi connectivity index (χ1n) is 6.44. The number of aryl methyl sites for hydroxylation is 1. The predicted molar refractivity (Wildman–Crippen MR) is 83.1 cm³/mol. The molecule has 2 aromatic rings. The van der Waals surface area contributed by atoms with Crippen molar-refractivity contribution in [3.63, 3.8) is 0 Å². The van der Waals surface area contributed by atoms with Crippen molar-refractivity contribution in [1.82, 2.24) is 9.88 Å². The van der Waals surface area contributed by atoms with Gasteiger partial charge in [-0.2, -0.15) is 0 Å². The van der Waals surface area contributed by atoms with Gasteiger partial charge < -0.3 is 10.0 Å². The van der Waals surface area contributed by atoms with Crippen molar-refractivity contribution in [2.24, 2.45) is 0 Å². The van der Waals surface area contributed by atoms with Crippen molar-refractivity contribution >= 4 is 17.2 Å². The van der Waals surface area contributed by atoms with Gasteiger partial charge in [-0.05, 0) is 30.7 Å². The van der Waals surface area contributed by atoms with E-state index in [1.807, 2.05) is 24.4 Å². The second kappa shape index (κ2) is 7.02. The van der Waals surface area contributed by atoms with Crippen molar-refractivity contribution in [1.29, 1.82) is 0 Å². The molecule has 0 spiro atoms. The van der Waals surface area contributed by atoms with Crippen LogP contribution in [0.15, 0.2) is 29.1 Å². The first kappa shape index (κ1) is 15.2. The second-order valence-corrected chi connectivity index (χ2v) is 5.41. The fraction of sp³-hybridized carbons (Fsp3) is 0.250. The highest BCUT2D eigenvalue weighted by atomic mass is 32.1. The number of aromatic nitrogens is 1. The normalized spacial score (nSPS) is 9.86. The molecule has 0 radical (unpaired) electrons. The van der Waals surface area contributed by atoms with Crippen molar-refractivity contribution < 1.29 is 9.90 Å². The van der Waals surface area contributed by atoms with E-state index >= 15 is 0 Å². The molecule has 1 aromatic heterocycles. The Kier molecular flexibility index (Phi) is 5.09. The monoisotopic (exact) mass is 300 g/mol. The summed E-state index contributed by atoms with van der Waals surface area (Å²) in [6, 6.07) is 5.47. The van der Waals surface area contributed by atoms with Crippen LogP contribution in [-0.4, -0.2) is 34.6 Å². The molecule has 1 aromatic carbocycles. The van der Waals surface area contributed by atoms with E-state index in [2.05, 4.69) is 16.8 Å². The summed E-state index contributed by atoms with van der Waals surface area (Å²) in [5.74, 6) is 5.36. The van der Waals surface area contributed by atoms with Crippen LogP contribution in [0.1, 0.15) is 27.2 Å². The Bertz CT molecular complexity index is 684. The predicted octanol–water partition coefficient (Wildman–Crippen LogP) is 2.07. The molecule has 4 nitrogen and oxygen atoms in total. The number of thiazole rings is 1. The molecule has 108 valence electrons. The fourth-order valence-electron chi connectivity index (χ4n) is 1.97. The standard InChI is InChI=1S/C16H16N2O2S/c1-12-6-13(4-3-5-19)8-14(7-12)16(20)18(2)9-15-10-21-11-17-15/h6-8,10-11,19H,5,9H2,1-2H3. The van der Waals surface area contributed by atoms with Crippen LogP contribution < -0.4 is 0 Å². The zero-order valence-electron chi connectivity index (χ0n) is 12.0. The molecule has 5 heteroatoms. The first-order chi connectivity index (χ1) is 10.1. The third-order valence-electron chi connectivity index (χ3n) is 2.87. The Hall–Kier alpha value is -2.16. The SMILES string of the molecule is Cc1cc(C#CCO)cc(C(=O)N(C)Cc2cscn2)c1. The Morgan fingerprint density at radius 2 is 2.24 bits per heavy atom. The maximum absolute atomic E-state index is 12.5. The molecule has 0 unspecified atom stereocenters. The van der Waals surface area contributed by atoms with E-state index in [-0.39, 0.29) is 12.5 Å². The summed E-state index contributed by atoms with van der Waals surface area (Å²) in [5, 5.41) is 10.7. The number of carbonyl (C=O) groups is 1. The number of rotatable bonds is 3. The smallest absolute Gasteiger partial charge is 0.254 e. The maximum Gasteiger partial charge on any atom is 0.254 e. The van der Waals surface area contributed by atoms with Gasteiger partial charge in [0, 0.05) is 23.6 Å². The summed E-state index contributed by atoms with van der Waals surface area (Å²) in [7, 11) is 1.75. The average Bonchev–Trinajstić information content (AvgIpc) is 2.96. The van der Waals surface area contributed by atoms with Crippen LogP contribution in [0.2, 0.25) is 0 Å². The van der Waals surface area contributed by atoms with Gasteiger partial charge in [0.15, 0.2) is 0 Å². The van der Waals surface area contributed by atoms with Gasteiger partial charge in [0.05, 0.1) is 17.7 Å². The molecule has 2 rings (SSSR count). The van der Waals surface area contributed by atoms with Crippen molar-refractivity contribution in [2.75, 3.05) is 13.7 Å². The molecule has 1 amide bonds. The summed E-state index contributed by atoms with van der Waals surface area (Å²) < 4.78 is 0. The van der Waals surface area contributed by atoms with E-state index in [9.17, 15) is 4.79 Å². The van der Waals surface area contributed by atoms with E-state index < -0.39 is 0 Å². The number of aliphatic hydroxyl groups excluding tert-OH is 1. The van der Waals surface area contributed by atoms with Crippen LogP contribution in [0.4, 0.5) is 0 Å². The lowest BCUT2D eigenvalue weighted by Gasteiger charge is -2.16. The zero-order valence-corrected chi connectivity index (χ0v) is 12.8. The van der Waals surface area contributed by atoms with Crippen LogP contribution in [0, 0.1) is 18.8 Å². The number of hydrogen-bond acceptors (Lipinski definition) is 4. The highest BCUT2D eigenvalue weighted by Crippen LogP contribution is 2.13. The lowest BCUT2D eigenvalue weighted by Crippen LogP contribution is -2.26. The van der Waals surface area contributed by atoms with E-state index in [0.29, 0.717) is 12.1 Å². The topological polar surface area (TPSA) is 53.4 Å². The third-order valence-corrected chi connectivity index (χ3v) is 3.50. The number of aliphatic hydroxyl groups is 1. The van der Waals surface area contributed by atoms with Gasteiger partial charge in [0.2, 0.25) is 0 Å². The summed E-state index contributed by atoms with van der Waals surface area (Å²) >= 11 is 1.51. The minimum Gasteiger partial charge on any atom is -0.384 e. The molecule has 0 fully saturated rings. The van der Waals surface area contributed by atoms with Gasteiger partial charge in [-0.1, -0.05) is 11.8 Å². The van der Waals surface area contributed by atoms with Crippen LogP contribution in [-0.2, 0) is 6.54 Å². The summed E-state index contributed by atoms with van der Waals surface area (Å²) in [5.41, 5.74) is 4.92. The Morgan fingerprint density at radius 3 is 2.90 bits per heavy atom. The van der Waals surface area contributed by atoms with Gasteiger partial charge >= 0.3 is 0 Å². The maximum atomic E-state index is 12.5. The molecule has 1 heterocycles. The number of amides is 1. The minimum absolute atomic E-state index is 0.0706. The number of benzene rings is 1. The molecule has 0 bridgehead atoms. The van der Waals surface area contributed by atoms with Gasteiger partial charge in [-0.15, -0.1) is 11.3 Å². The first-order valence-corrected chi connectivity index (χ1v) is 7.38. The van der Waals surface area contributed by atoms with E-state index in [1.165, 1.54) is 11.3 Å². The zero-order chi connectivity index (χ0) is 15.2. The average molecular weight is 300 g/mol. The van der Waals surface area contributed by atoms with Crippen LogP contribution >= 0.6 is 11.3 Å². The molecule has 21 heavy (non-hydrogen) atoms. The van der Waals surface area contributed by atoms with Crippen LogP contribution in [0.3, 0.4) is 0 Å². The van der Waals surface area contributed by atoms with E-state index in [1.54, 1.807) is 23.5 Å². The van der Waals surface area contributed by atoms with E-state index in [4.69, 9.17) is 5.11 Å². The van der Waals surface area contributed by atoms with Crippen molar-refractivity contribution in [3.8, 4) is 11.8 Å². The number of carbonyl (C=O) groups excluding carboxylic acids is 1. The highest BCUT2D eigenvalue weighted by Gasteiger charge is 2.13. The van der Waals surface area contributed by atoms with Crippen LogP contribution in [0.25, 0.3) is 0 Å². The molecule has 0 aliphatic rings. The summed E-state index contributed by atoms with van der Waals surface area (Å²) in [6.45, 7) is 2.20. The fourth-order valence-corrected chi connectivity index (χ4v) is 2.52. The molecule has 0 aliphatic heterocycles. The minimum atomic E-state index is -0.194. The quantitative estimate of drug-likeness (QED) is 0.883. The van der Waals surface area contributed by atoms with Gasteiger partial charge in [0.1, 0.15) is 6.61 Å². The molecule has 0 saturated carbocycles. The van der Waals surface area contributed by atoms with Crippen LogP contribution in [0.5, 0.6) is 0 Å². The summed E-state index contributed by atoms with van der Waals surface area (Å²) in [4.78, 5) is 18.3. The number of nitrogens with zero attached hydrogens (tertiary/aromatic N) is 2. The molecule has 0 atom stereocenters. The Labute approximate surface area is 128 Å². The molecular weight excluding hydrogens is 284 g/mol. The lowest BCUT2D eigenvalue weighted by atomic mass is 10.1. The number of hydrogen-bond donors (Lipinski definition) is 1. The second-order valence-electron chi connectivity index (χ2n) is 4.69.